The van der Waals surface area contributed by atoms with Crippen LogP contribution in [0.4, 0.5) is 10.1 Å². The van der Waals surface area contributed by atoms with Crippen LogP contribution in [-0.2, 0) is 16.2 Å². The first-order chi connectivity index (χ1) is 14.8. The van der Waals surface area contributed by atoms with E-state index in [0.29, 0.717) is 29.4 Å². The molecule has 3 aromatic rings. The molecule has 0 saturated heterocycles. The molecule has 1 unspecified atom stereocenters. The van der Waals surface area contributed by atoms with Crippen LogP contribution in [-0.4, -0.2) is 27.5 Å². The lowest BCUT2D eigenvalue weighted by atomic mass is 10.0. The van der Waals surface area contributed by atoms with E-state index in [1.165, 1.54) is 12.1 Å². The molecule has 160 valence electrons. The summed E-state index contributed by atoms with van der Waals surface area (Å²) in [6.07, 6.45) is -0.345. The predicted octanol–water partition coefficient (Wildman–Crippen LogP) is 5.23. The lowest BCUT2D eigenvalue weighted by Gasteiger charge is -2.11. The van der Waals surface area contributed by atoms with Crippen LogP contribution in [0.5, 0.6) is 0 Å². The van der Waals surface area contributed by atoms with E-state index in [1.54, 1.807) is 10.7 Å². The molecule has 9 heteroatoms. The maximum atomic E-state index is 13.3. The Morgan fingerprint density at radius 2 is 2.13 bits per heavy atom. The van der Waals surface area contributed by atoms with Gasteiger partial charge in [0.15, 0.2) is 0 Å². The maximum absolute atomic E-state index is 13.3. The van der Waals surface area contributed by atoms with Crippen molar-refractivity contribution in [3.63, 3.8) is 0 Å². The topological polar surface area (TPSA) is 68.5 Å². The third-order valence-corrected chi connectivity index (χ3v) is 5.93. The number of rotatable bonds is 5. The molecule has 2 aromatic carbocycles. The Labute approximate surface area is 192 Å². The number of hydrogen-bond donors (Lipinski definition) is 1. The van der Waals surface area contributed by atoms with Crippen molar-refractivity contribution in [1.29, 1.82) is 0 Å². The van der Waals surface area contributed by atoms with Gasteiger partial charge in [-0.05, 0) is 43.7 Å². The molecule has 1 aliphatic rings. The second kappa shape index (κ2) is 8.80. The molecule has 2 heterocycles. The number of aryl methyl sites for hydroxylation is 1. The van der Waals surface area contributed by atoms with Crippen molar-refractivity contribution < 1.29 is 14.0 Å². The largest absolute Gasteiger partial charge is 0.382 e. The minimum Gasteiger partial charge on any atom is -0.382 e. The predicted molar refractivity (Wildman–Crippen MR) is 121 cm³/mol. The average molecular weight is 506 g/mol. The third-order valence-electron chi connectivity index (χ3n) is 5.08. The van der Waals surface area contributed by atoms with Gasteiger partial charge in [-0.25, -0.2) is 4.39 Å². The number of halogens is 3. The zero-order valence-electron chi connectivity index (χ0n) is 16.8. The first kappa shape index (κ1) is 21.5. The average Bonchev–Trinajstić information content (AvgIpc) is 3.31. The molecule has 31 heavy (non-hydrogen) atoms. The minimum absolute atomic E-state index is 0.292. The Bertz CT molecular complexity index is 1190. The van der Waals surface area contributed by atoms with E-state index in [2.05, 4.69) is 31.5 Å². The minimum atomic E-state index is -0.720. The monoisotopic (exact) mass is 504 g/mol. The summed E-state index contributed by atoms with van der Waals surface area (Å²) >= 11 is 9.58. The van der Waals surface area contributed by atoms with Crippen molar-refractivity contribution in [2.75, 3.05) is 5.32 Å². The molecule has 1 amide bonds. The Hall–Kier alpha value is -2.71. The summed E-state index contributed by atoms with van der Waals surface area (Å²) < 4.78 is 16.0. The number of anilines is 1. The van der Waals surface area contributed by atoms with Gasteiger partial charge in [0.1, 0.15) is 5.82 Å². The van der Waals surface area contributed by atoms with Crippen molar-refractivity contribution in [3.05, 3.63) is 80.3 Å². The Kier molecular flexibility index (Phi) is 6.11. The van der Waals surface area contributed by atoms with Crippen LogP contribution >= 0.6 is 27.5 Å². The molecule has 0 spiro atoms. The van der Waals surface area contributed by atoms with Crippen LogP contribution in [0.2, 0.25) is 5.02 Å². The summed E-state index contributed by atoms with van der Waals surface area (Å²) in [5.41, 5.74) is 4.39. The van der Waals surface area contributed by atoms with Crippen LogP contribution in [0.1, 0.15) is 28.9 Å². The van der Waals surface area contributed by atoms with E-state index in [-0.39, 0.29) is 5.91 Å². The summed E-state index contributed by atoms with van der Waals surface area (Å²) in [7, 11) is 0. The summed E-state index contributed by atoms with van der Waals surface area (Å²) in [5.74, 6) is -0.685. The molecular formula is C22H19BrClFN4O2. The first-order valence-corrected chi connectivity index (χ1v) is 10.8. The van der Waals surface area contributed by atoms with E-state index in [9.17, 15) is 9.18 Å². The van der Waals surface area contributed by atoms with Gasteiger partial charge in [-0.2, -0.15) is 5.10 Å². The lowest BCUT2D eigenvalue weighted by molar-refractivity contribution is -0.125. The lowest BCUT2D eigenvalue weighted by Crippen LogP contribution is -2.28. The molecule has 0 aliphatic carbocycles. The summed E-state index contributed by atoms with van der Waals surface area (Å²) in [5, 5.41) is 11.8. The molecule has 0 saturated carbocycles. The highest BCUT2D eigenvalue weighted by atomic mass is 79.9. The standard InChI is InChI=1S/C22H19BrClFN4O2/c1-12-21(13(2)29(27-12)11-15-6-7-17(25)9-18(15)24)26-22(30)20-10-19(28-31-20)14-4-3-5-16(23)8-14/h3-9,20H,10-11H2,1-2H3,(H,26,30). The van der Waals surface area contributed by atoms with Gasteiger partial charge in [-0.3, -0.25) is 9.48 Å². The van der Waals surface area contributed by atoms with Gasteiger partial charge in [0, 0.05) is 21.5 Å². The fraction of sp³-hybridized carbons (Fsp3) is 0.227. The van der Waals surface area contributed by atoms with Crippen molar-refractivity contribution in [2.24, 2.45) is 5.16 Å². The highest BCUT2D eigenvalue weighted by Gasteiger charge is 2.30. The molecule has 1 aromatic heterocycles. The number of carbonyl (C=O) groups is 1. The maximum Gasteiger partial charge on any atom is 0.268 e. The highest BCUT2D eigenvalue weighted by Crippen LogP contribution is 2.25. The van der Waals surface area contributed by atoms with Gasteiger partial charge in [-0.1, -0.05) is 50.9 Å². The van der Waals surface area contributed by atoms with Crippen molar-refractivity contribution in [2.45, 2.75) is 32.9 Å². The van der Waals surface area contributed by atoms with Crippen LogP contribution < -0.4 is 5.32 Å². The Morgan fingerprint density at radius 1 is 1.32 bits per heavy atom. The number of aromatic nitrogens is 2. The van der Waals surface area contributed by atoms with Gasteiger partial charge in [0.2, 0.25) is 6.10 Å². The van der Waals surface area contributed by atoms with Crippen LogP contribution in [0.15, 0.2) is 52.1 Å². The molecule has 6 nitrogen and oxygen atoms in total. The summed E-state index contributed by atoms with van der Waals surface area (Å²) in [4.78, 5) is 18.2. The Morgan fingerprint density at radius 3 is 2.87 bits per heavy atom. The van der Waals surface area contributed by atoms with Gasteiger partial charge in [0.25, 0.3) is 5.91 Å². The summed E-state index contributed by atoms with van der Waals surface area (Å²) in [6.45, 7) is 4.02. The third kappa shape index (κ3) is 4.65. The number of carbonyl (C=O) groups excluding carboxylic acids is 1. The number of oxime groups is 1. The Balaban J connectivity index is 1.45. The molecule has 0 bridgehead atoms. The van der Waals surface area contributed by atoms with E-state index < -0.39 is 11.9 Å². The zero-order chi connectivity index (χ0) is 22.1. The van der Waals surface area contributed by atoms with Crippen molar-refractivity contribution in [3.8, 4) is 0 Å². The smallest absolute Gasteiger partial charge is 0.268 e. The van der Waals surface area contributed by atoms with Gasteiger partial charge >= 0.3 is 0 Å². The molecule has 1 N–H and O–H groups in total. The fourth-order valence-corrected chi connectivity index (χ4v) is 4.03. The van der Waals surface area contributed by atoms with Gasteiger partial charge in [-0.15, -0.1) is 0 Å². The molecule has 1 aliphatic heterocycles. The SMILES string of the molecule is Cc1nn(Cc2ccc(F)cc2Cl)c(C)c1NC(=O)C1CC(c2cccc(Br)c2)=NO1. The number of amides is 1. The molecule has 1 atom stereocenters. The number of nitrogens with one attached hydrogen (secondary N) is 1. The second-order valence-corrected chi connectivity index (χ2v) is 8.60. The van der Waals surface area contributed by atoms with E-state index in [4.69, 9.17) is 16.4 Å². The number of benzene rings is 2. The van der Waals surface area contributed by atoms with E-state index >= 15 is 0 Å². The quantitative estimate of drug-likeness (QED) is 0.516. The van der Waals surface area contributed by atoms with E-state index in [1.807, 2.05) is 38.1 Å². The molecule has 4 rings (SSSR count). The normalized spacial score (nSPS) is 15.5. The summed E-state index contributed by atoms with van der Waals surface area (Å²) in [6, 6.07) is 11.9. The van der Waals surface area contributed by atoms with E-state index in [0.717, 1.165) is 27.0 Å². The van der Waals surface area contributed by atoms with Crippen LogP contribution in [0.25, 0.3) is 0 Å². The van der Waals surface area contributed by atoms with Crippen LogP contribution in [0.3, 0.4) is 0 Å². The highest BCUT2D eigenvalue weighted by molar-refractivity contribution is 9.10. The van der Waals surface area contributed by atoms with Gasteiger partial charge in [0.05, 0.1) is 29.3 Å². The molecular weight excluding hydrogens is 487 g/mol. The zero-order valence-corrected chi connectivity index (χ0v) is 19.2. The fourth-order valence-electron chi connectivity index (χ4n) is 3.40. The first-order valence-electron chi connectivity index (χ1n) is 9.59. The molecule has 0 radical (unpaired) electrons. The molecule has 0 fully saturated rings. The second-order valence-electron chi connectivity index (χ2n) is 7.27. The van der Waals surface area contributed by atoms with Crippen LogP contribution in [0, 0.1) is 19.7 Å². The van der Waals surface area contributed by atoms with Crippen molar-refractivity contribution in [1.82, 2.24) is 9.78 Å². The number of hydrogen-bond acceptors (Lipinski definition) is 4. The number of nitrogens with zero attached hydrogens (tertiary/aromatic N) is 3. The van der Waals surface area contributed by atoms with Crippen molar-refractivity contribution >= 4 is 44.8 Å². The van der Waals surface area contributed by atoms with Gasteiger partial charge < -0.3 is 10.2 Å².